The predicted molar refractivity (Wildman–Crippen MR) is 108 cm³/mol. The van der Waals surface area contributed by atoms with Gasteiger partial charge < -0.3 is 16.0 Å². The number of amides is 1. The molecule has 0 bridgehead atoms. The molecule has 1 unspecified atom stereocenters. The number of nitrogens with zero attached hydrogens (tertiary/aromatic N) is 2. The summed E-state index contributed by atoms with van der Waals surface area (Å²) in [5, 5.41) is 3.07. The van der Waals surface area contributed by atoms with Crippen molar-refractivity contribution in [3.8, 4) is 0 Å². The predicted octanol–water partition coefficient (Wildman–Crippen LogP) is 2.21. The maximum atomic E-state index is 12.3. The van der Waals surface area contributed by atoms with Crippen LogP contribution in [0.25, 0.3) is 0 Å². The van der Waals surface area contributed by atoms with E-state index >= 15 is 0 Å². The van der Waals surface area contributed by atoms with Gasteiger partial charge in [-0.05, 0) is 38.6 Å². The van der Waals surface area contributed by atoms with Crippen molar-refractivity contribution in [1.29, 1.82) is 0 Å². The van der Waals surface area contributed by atoms with Gasteiger partial charge in [-0.1, -0.05) is 6.07 Å². The lowest BCUT2D eigenvalue weighted by molar-refractivity contribution is 0.0914. The number of hydrogen-bond acceptors (Lipinski definition) is 4. The summed E-state index contributed by atoms with van der Waals surface area (Å²) in [6, 6.07) is 5.57. The highest BCUT2D eigenvalue weighted by Gasteiger charge is 2.18. The molecule has 0 aliphatic carbocycles. The Kier molecular flexibility index (Phi) is 12.5. The number of aryl methyl sites for hydroxylation is 1. The number of nitrogens with one attached hydrogen (secondary N) is 1. The Hall–Kier alpha value is -0.720. The summed E-state index contributed by atoms with van der Waals surface area (Å²) in [5.41, 5.74) is 8.01. The second kappa shape index (κ2) is 11.8. The zero-order chi connectivity index (χ0) is 15.4. The Morgan fingerprint density at radius 3 is 2.38 bits per heavy atom. The van der Waals surface area contributed by atoms with Crippen molar-refractivity contribution in [1.82, 2.24) is 15.1 Å². The molecule has 1 heterocycles. The zero-order valence-corrected chi connectivity index (χ0v) is 16.9. The summed E-state index contributed by atoms with van der Waals surface area (Å²) in [6.45, 7) is 9.18. The minimum Gasteiger partial charge on any atom is -0.399 e. The van der Waals surface area contributed by atoms with E-state index in [0.29, 0.717) is 11.3 Å². The van der Waals surface area contributed by atoms with E-state index in [1.165, 1.54) is 0 Å². The Labute approximate surface area is 163 Å². The van der Waals surface area contributed by atoms with Crippen molar-refractivity contribution in [2.75, 3.05) is 45.5 Å². The fraction of sp³-hybridized carbons (Fsp3) is 0.562. The lowest BCUT2D eigenvalue weighted by Gasteiger charge is -2.34. The summed E-state index contributed by atoms with van der Waals surface area (Å²) in [7, 11) is 2.14. The molecule has 3 N–H and O–H groups in total. The highest BCUT2D eigenvalue weighted by Crippen LogP contribution is 2.12. The molecule has 1 aliphatic rings. The van der Waals surface area contributed by atoms with Crippen molar-refractivity contribution in [3.05, 3.63) is 29.3 Å². The van der Waals surface area contributed by atoms with Crippen LogP contribution in [-0.4, -0.2) is 61.5 Å². The first-order valence-electron chi connectivity index (χ1n) is 7.53. The molecule has 24 heavy (non-hydrogen) atoms. The maximum Gasteiger partial charge on any atom is 0.251 e. The van der Waals surface area contributed by atoms with Gasteiger partial charge in [0.1, 0.15) is 0 Å². The number of piperazine rings is 1. The fourth-order valence-electron chi connectivity index (χ4n) is 2.65. The van der Waals surface area contributed by atoms with Crippen LogP contribution in [0.15, 0.2) is 18.2 Å². The van der Waals surface area contributed by atoms with Crippen LogP contribution < -0.4 is 11.1 Å². The highest BCUT2D eigenvalue weighted by molar-refractivity contribution is 5.96. The van der Waals surface area contributed by atoms with Crippen LogP contribution in [0.5, 0.6) is 0 Å². The molecule has 1 amide bonds. The van der Waals surface area contributed by atoms with Gasteiger partial charge in [-0.15, -0.1) is 37.2 Å². The molecule has 1 aliphatic heterocycles. The van der Waals surface area contributed by atoms with E-state index in [1.54, 1.807) is 6.07 Å². The number of carbonyl (C=O) groups excluding carboxylic acids is 1. The van der Waals surface area contributed by atoms with Gasteiger partial charge in [0.05, 0.1) is 0 Å². The van der Waals surface area contributed by atoms with Crippen LogP contribution in [-0.2, 0) is 0 Å². The number of nitrogen functional groups attached to an aromatic ring is 1. The summed E-state index contributed by atoms with van der Waals surface area (Å²) >= 11 is 0. The molecule has 0 saturated carbocycles. The average Bonchev–Trinajstić information content (AvgIpc) is 2.44. The normalized spacial score (nSPS) is 16.1. The molecule has 0 aromatic heterocycles. The third-order valence-electron chi connectivity index (χ3n) is 4.01. The van der Waals surface area contributed by atoms with Gasteiger partial charge in [-0.2, -0.15) is 0 Å². The number of halogens is 3. The molecular formula is C16H29Cl3N4O. The number of hydrogen-bond donors (Lipinski definition) is 2. The Balaban J connectivity index is 0. The molecule has 1 saturated heterocycles. The Bertz CT molecular complexity index is 508. The highest BCUT2D eigenvalue weighted by atomic mass is 35.5. The first-order chi connectivity index (χ1) is 9.95. The summed E-state index contributed by atoms with van der Waals surface area (Å²) < 4.78 is 0. The van der Waals surface area contributed by atoms with Gasteiger partial charge in [-0.3, -0.25) is 9.69 Å². The minimum atomic E-state index is -0.0403. The number of rotatable bonds is 4. The number of nitrogens with two attached hydrogens (primary N) is 1. The molecule has 5 nitrogen and oxygen atoms in total. The van der Waals surface area contributed by atoms with Crippen molar-refractivity contribution >= 4 is 48.8 Å². The largest absolute Gasteiger partial charge is 0.399 e. The van der Waals surface area contributed by atoms with Gasteiger partial charge in [0.25, 0.3) is 5.91 Å². The smallest absolute Gasteiger partial charge is 0.251 e. The van der Waals surface area contributed by atoms with Gasteiger partial charge >= 0.3 is 0 Å². The van der Waals surface area contributed by atoms with E-state index in [2.05, 4.69) is 29.1 Å². The van der Waals surface area contributed by atoms with E-state index in [0.717, 1.165) is 38.3 Å². The lowest BCUT2D eigenvalue weighted by Crippen LogP contribution is -2.49. The van der Waals surface area contributed by atoms with E-state index in [4.69, 9.17) is 5.73 Å². The van der Waals surface area contributed by atoms with Crippen molar-refractivity contribution in [2.24, 2.45) is 0 Å². The molecule has 1 aromatic carbocycles. The van der Waals surface area contributed by atoms with Crippen LogP contribution in [0.3, 0.4) is 0 Å². The Morgan fingerprint density at radius 2 is 1.79 bits per heavy atom. The molecule has 1 atom stereocenters. The Morgan fingerprint density at radius 1 is 1.21 bits per heavy atom. The van der Waals surface area contributed by atoms with Crippen molar-refractivity contribution in [2.45, 2.75) is 19.9 Å². The number of benzene rings is 1. The quantitative estimate of drug-likeness (QED) is 0.762. The third-order valence-corrected chi connectivity index (χ3v) is 4.01. The average molecular weight is 400 g/mol. The molecule has 0 radical (unpaired) electrons. The molecule has 0 spiro atoms. The first-order valence-corrected chi connectivity index (χ1v) is 7.53. The van der Waals surface area contributed by atoms with Gasteiger partial charge in [0, 0.05) is 50.0 Å². The third kappa shape index (κ3) is 7.45. The zero-order valence-electron chi connectivity index (χ0n) is 14.4. The maximum absolute atomic E-state index is 12.3. The number of likely N-dealkylation sites (N-methyl/N-ethyl adjacent to an activating group) is 1. The minimum absolute atomic E-state index is 0. The topological polar surface area (TPSA) is 61.6 Å². The van der Waals surface area contributed by atoms with Gasteiger partial charge in [0.15, 0.2) is 0 Å². The van der Waals surface area contributed by atoms with Crippen molar-refractivity contribution < 1.29 is 4.79 Å². The van der Waals surface area contributed by atoms with Crippen LogP contribution >= 0.6 is 37.2 Å². The monoisotopic (exact) mass is 398 g/mol. The van der Waals surface area contributed by atoms with Crippen LogP contribution in [0.2, 0.25) is 0 Å². The second-order valence-electron chi connectivity index (χ2n) is 6.05. The van der Waals surface area contributed by atoms with E-state index in [-0.39, 0.29) is 49.2 Å². The van der Waals surface area contributed by atoms with E-state index < -0.39 is 0 Å². The van der Waals surface area contributed by atoms with Gasteiger partial charge in [0.2, 0.25) is 0 Å². The summed E-state index contributed by atoms with van der Waals surface area (Å²) in [4.78, 5) is 17.1. The van der Waals surface area contributed by atoms with Crippen molar-refractivity contribution in [3.63, 3.8) is 0 Å². The van der Waals surface area contributed by atoms with Crippen LogP contribution in [0.4, 0.5) is 5.69 Å². The van der Waals surface area contributed by atoms with Gasteiger partial charge in [-0.25, -0.2) is 0 Å². The lowest BCUT2D eigenvalue weighted by atomic mass is 10.1. The van der Waals surface area contributed by atoms with Crippen LogP contribution in [0.1, 0.15) is 22.8 Å². The molecule has 8 heteroatoms. The molecule has 1 aromatic rings. The fourth-order valence-corrected chi connectivity index (χ4v) is 2.65. The summed E-state index contributed by atoms with van der Waals surface area (Å²) in [5.74, 6) is -0.0403. The molecular weight excluding hydrogens is 371 g/mol. The molecule has 140 valence electrons. The second-order valence-corrected chi connectivity index (χ2v) is 6.05. The number of anilines is 1. The molecule has 2 rings (SSSR count). The summed E-state index contributed by atoms with van der Waals surface area (Å²) in [6.07, 6.45) is 0. The standard InChI is InChI=1S/C16H26N4O.3ClH/c1-12-4-5-14(17)10-15(12)16(21)18-13(2)11-20-8-6-19(3)7-9-20;;;/h4-5,10,13H,6-9,11,17H2,1-3H3,(H,18,21);3*1H. The number of carbonyl (C=O) groups is 1. The first kappa shape index (κ1) is 25.5. The van der Waals surface area contributed by atoms with Crippen LogP contribution in [0, 0.1) is 6.92 Å². The van der Waals surface area contributed by atoms with E-state index in [1.807, 2.05) is 19.1 Å². The SMILES string of the molecule is Cc1ccc(N)cc1C(=O)NC(C)CN1CCN(C)CC1.Cl.Cl.Cl. The van der Waals surface area contributed by atoms with E-state index in [9.17, 15) is 4.79 Å². The molecule has 1 fully saturated rings.